The van der Waals surface area contributed by atoms with Crippen LogP contribution >= 0.6 is 11.3 Å². The summed E-state index contributed by atoms with van der Waals surface area (Å²) in [5, 5.41) is 6.87. The van der Waals surface area contributed by atoms with Gasteiger partial charge in [-0.15, -0.1) is 11.3 Å². The minimum atomic E-state index is -0.783. The number of aryl methyl sites for hydroxylation is 1. The number of carbonyl (C=O) groups excluding carboxylic acids is 3. The molecular weight excluding hydrogens is 418 g/mol. The molecule has 0 radical (unpaired) electrons. The Morgan fingerprint density at radius 3 is 2.58 bits per heavy atom. The van der Waals surface area contributed by atoms with Crippen molar-refractivity contribution in [1.29, 1.82) is 0 Å². The number of ketones is 1. The number of carbonyl (C=O) groups is 3. The predicted octanol–water partition coefficient (Wildman–Crippen LogP) is 3.54. The van der Waals surface area contributed by atoms with Crippen LogP contribution in [0.5, 0.6) is 0 Å². The molecule has 0 aliphatic heterocycles. The second-order valence-corrected chi connectivity index (χ2v) is 7.82. The average Bonchev–Trinajstić information content (AvgIpc) is 3.04. The zero-order chi connectivity index (χ0) is 22.7. The summed E-state index contributed by atoms with van der Waals surface area (Å²) >= 11 is 0.961. The molecular formula is C22H21N3O5S. The van der Waals surface area contributed by atoms with Crippen LogP contribution in [0.3, 0.4) is 0 Å². The fourth-order valence-corrected chi connectivity index (χ4v) is 4.11. The van der Waals surface area contributed by atoms with E-state index in [2.05, 4.69) is 10.4 Å². The van der Waals surface area contributed by atoms with Crippen molar-refractivity contribution in [2.75, 3.05) is 11.9 Å². The van der Waals surface area contributed by atoms with Gasteiger partial charge < -0.3 is 10.1 Å². The van der Waals surface area contributed by atoms with E-state index in [0.29, 0.717) is 16.1 Å². The van der Waals surface area contributed by atoms with Crippen molar-refractivity contribution in [1.82, 2.24) is 9.78 Å². The van der Waals surface area contributed by atoms with Gasteiger partial charge in [-0.25, -0.2) is 9.48 Å². The van der Waals surface area contributed by atoms with E-state index in [1.54, 1.807) is 19.9 Å². The lowest BCUT2D eigenvalue weighted by Crippen LogP contribution is -2.26. The fourth-order valence-electron chi connectivity index (χ4n) is 3.03. The Morgan fingerprint density at radius 2 is 1.94 bits per heavy atom. The fraction of sp³-hybridized carbons (Fsp3) is 0.227. The number of esters is 1. The molecule has 3 aromatic rings. The highest BCUT2D eigenvalue weighted by molar-refractivity contribution is 7.18. The first-order valence-corrected chi connectivity index (χ1v) is 10.3. The zero-order valence-electron chi connectivity index (χ0n) is 17.5. The number of rotatable bonds is 6. The van der Waals surface area contributed by atoms with E-state index in [4.69, 9.17) is 4.74 Å². The highest BCUT2D eigenvalue weighted by Gasteiger charge is 2.26. The van der Waals surface area contributed by atoms with Crippen molar-refractivity contribution in [3.63, 3.8) is 0 Å². The number of amides is 1. The normalized spacial score (nSPS) is 10.6. The maximum absolute atomic E-state index is 12.9. The molecule has 0 spiro atoms. The molecule has 0 saturated carbocycles. The molecule has 2 aromatic heterocycles. The van der Waals surface area contributed by atoms with Crippen LogP contribution in [-0.4, -0.2) is 34.0 Å². The molecule has 1 N–H and O–H groups in total. The number of aromatic nitrogens is 2. The van der Waals surface area contributed by atoms with E-state index in [0.717, 1.165) is 16.9 Å². The van der Waals surface area contributed by atoms with Gasteiger partial charge >= 0.3 is 5.97 Å². The molecule has 31 heavy (non-hydrogen) atoms. The first-order valence-electron chi connectivity index (χ1n) is 9.52. The van der Waals surface area contributed by atoms with Crippen LogP contribution in [0.4, 0.5) is 5.00 Å². The van der Waals surface area contributed by atoms with E-state index in [1.807, 2.05) is 25.1 Å². The first kappa shape index (κ1) is 22.1. The number of ether oxygens (including phenoxy) is 1. The maximum atomic E-state index is 12.9. The van der Waals surface area contributed by atoms with Crippen LogP contribution in [0.15, 0.2) is 41.3 Å². The van der Waals surface area contributed by atoms with Crippen molar-refractivity contribution in [2.45, 2.75) is 27.7 Å². The Balaban J connectivity index is 2.01. The Bertz CT molecular complexity index is 1240. The molecule has 0 aliphatic rings. The number of thiophene rings is 1. The molecule has 2 heterocycles. The van der Waals surface area contributed by atoms with Crippen LogP contribution in [0.25, 0.3) is 5.69 Å². The maximum Gasteiger partial charge on any atom is 0.341 e. The Labute approximate surface area is 182 Å². The predicted molar refractivity (Wildman–Crippen MR) is 118 cm³/mol. The third-order valence-electron chi connectivity index (χ3n) is 4.46. The van der Waals surface area contributed by atoms with Gasteiger partial charge in [0.05, 0.1) is 22.7 Å². The number of nitrogens with zero attached hydrogens (tertiary/aromatic N) is 2. The standard InChI is InChI=1S/C22H21N3O5S/c1-5-30-22(29)17-13(3)19(14(4)26)31-21(17)23-20(28)18-16(27)9-10-25(24-18)15-8-6-7-12(2)11-15/h6-11H,5H2,1-4H3,(H,23,28). The summed E-state index contributed by atoms with van der Waals surface area (Å²) in [6.07, 6.45) is 1.47. The minimum absolute atomic E-state index is 0.0975. The summed E-state index contributed by atoms with van der Waals surface area (Å²) in [7, 11) is 0. The van der Waals surface area contributed by atoms with Gasteiger partial charge in [0.1, 0.15) is 5.00 Å². The molecule has 9 heteroatoms. The van der Waals surface area contributed by atoms with Gasteiger partial charge in [-0.05, 0) is 51.0 Å². The zero-order valence-corrected chi connectivity index (χ0v) is 18.3. The summed E-state index contributed by atoms with van der Waals surface area (Å²) in [6, 6.07) is 8.67. The highest BCUT2D eigenvalue weighted by Crippen LogP contribution is 2.34. The van der Waals surface area contributed by atoms with E-state index >= 15 is 0 Å². The Morgan fingerprint density at radius 1 is 1.19 bits per heavy atom. The van der Waals surface area contributed by atoms with Crippen molar-refractivity contribution < 1.29 is 19.1 Å². The lowest BCUT2D eigenvalue weighted by atomic mass is 10.1. The van der Waals surface area contributed by atoms with E-state index in [9.17, 15) is 19.2 Å². The van der Waals surface area contributed by atoms with E-state index < -0.39 is 17.3 Å². The SMILES string of the molecule is CCOC(=O)c1c(NC(=O)c2nn(-c3cccc(C)c3)ccc2=O)sc(C(C)=O)c1C. The third-order valence-corrected chi connectivity index (χ3v) is 5.77. The van der Waals surface area contributed by atoms with Gasteiger partial charge in [-0.3, -0.25) is 14.4 Å². The number of hydrogen-bond donors (Lipinski definition) is 1. The summed E-state index contributed by atoms with van der Waals surface area (Å²) in [5.41, 5.74) is 1.29. The summed E-state index contributed by atoms with van der Waals surface area (Å²) in [4.78, 5) is 49.9. The topological polar surface area (TPSA) is 107 Å². The lowest BCUT2D eigenvalue weighted by molar-refractivity contribution is 0.0527. The van der Waals surface area contributed by atoms with Crippen LogP contribution in [0, 0.1) is 13.8 Å². The van der Waals surface area contributed by atoms with Crippen molar-refractivity contribution >= 4 is 34.0 Å². The second-order valence-electron chi connectivity index (χ2n) is 6.80. The van der Waals surface area contributed by atoms with Gasteiger partial charge in [0.25, 0.3) is 5.91 Å². The molecule has 3 rings (SSSR count). The summed E-state index contributed by atoms with van der Waals surface area (Å²) in [5.74, 6) is -1.68. The van der Waals surface area contributed by atoms with Gasteiger partial charge in [0.15, 0.2) is 11.5 Å². The molecule has 8 nitrogen and oxygen atoms in total. The second kappa shape index (κ2) is 9.05. The lowest BCUT2D eigenvalue weighted by Gasteiger charge is -2.09. The monoisotopic (exact) mass is 439 g/mol. The Kier molecular flexibility index (Phi) is 6.45. The number of nitrogens with one attached hydrogen (secondary N) is 1. The average molecular weight is 439 g/mol. The van der Waals surface area contributed by atoms with Gasteiger partial charge in [0.2, 0.25) is 5.43 Å². The summed E-state index contributed by atoms with van der Waals surface area (Å²) in [6.45, 7) is 6.70. The molecule has 160 valence electrons. The van der Waals surface area contributed by atoms with Crippen molar-refractivity contribution in [2.24, 2.45) is 0 Å². The number of Topliss-reactive ketones (excluding diaryl/α,β-unsaturated/α-hetero) is 1. The quantitative estimate of drug-likeness (QED) is 0.465. The third kappa shape index (κ3) is 4.61. The number of hydrogen-bond acceptors (Lipinski definition) is 7. The smallest absolute Gasteiger partial charge is 0.341 e. The minimum Gasteiger partial charge on any atom is -0.462 e. The molecule has 0 unspecified atom stereocenters. The van der Waals surface area contributed by atoms with Crippen LogP contribution < -0.4 is 10.7 Å². The Hall–Kier alpha value is -3.59. The van der Waals surface area contributed by atoms with Gasteiger partial charge in [-0.1, -0.05) is 12.1 Å². The molecule has 0 atom stereocenters. The number of anilines is 1. The van der Waals surface area contributed by atoms with Crippen LogP contribution in [0.1, 0.15) is 55.5 Å². The first-order chi connectivity index (χ1) is 14.7. The highest BCUT2D eigenvalue weighted by atomic mass is 32.1. The van der Waals surface area contributed by atoms with Crippen molar-refractivity contribution in [3.8, 4) is 5.69 Å². The van der Waals surface area contributed by atoms with Crippen LogP contribution in [-0.2, 0) is 4.74 Å². The summed E-state index contributed by atoms with van der Waals surface area (Å²) < 4.78 is 6.49. The largest absolute Gasteiger partial charge is 0.462 e. The molecule has 1 aromatic carbocycles. The van der Waals surface area contributed by atoms with Gasteiger partial charge in [-0.2, -0.15) is 5.10 Å². The molecule has 0 aliphatic carbocycles. The van der Waals surface area contributed by atoms with E-state index in [-0.39, 0.29) is 28.6 Å². The molecule has 0 saturated heterocycles. The van der Waals surface area contributed by atoms with Crippen LogP contribution in [0.2, 0.25) is 0 Å². The molecule has 1 amide bonds. The van der Waals surface area contributed by atoms with Crippen molar-refractivity contribution in [3.05, 3.63) is 74.0 Å². The van der Waals surface area contributed by atoms with E-state index in [1.165, 1.54) is 23.9 Å². The molecule has 0 bridgehead atoms. The van der Waals surface area contributed by atoms with Gasteiger partial charge in [0, 0.05) is 12.3 Å². The number of benzene rings is 1. The molecule has 0 fully saturated rings.